The lowest BCUT2D eigenvalue weighted by Crippen LogP contribution is -2.49. The Morgan fingerprint density at radius 3 is 2.38 bits per heavy atom. The zero-order valence-electron chi connectivity index (χ0n) is 18.7. The number of carbonyl (C=O) groups is 1. The molecule has 1 N–H and O–H groups in total. The first-order chi connectivity index (χ1) is 16.7. The molecule has 0 aliphatic carbocycles. The summed E-state index contributed by atoms with van der Waals surface area (Å²) < 4.78 is 0. The summed E-state index contributed by atoms with van der Waals surface area (Å²) in [7, 11) is 0. The second kappa shape index (κ2) is 10.1. The lowest BCUT2D eigenvalue weighted by atomic mass is 10.1. The van der Waals surface area contributed by atoms with Gasteiger partial charge in [-0.2, -0.15) is 5.26 Å². The van der Waals surface area contributed by atoms with Crippen LogP contribution in [0.1, 0.15) is 27.5 Å². The fourth-order valence-electron chi connectivity index (χ4n) is 4.26. The molecule has 1 aromatic heterocycles. The van der Waals surface area contributed by atoms with Gasteiger partial charge in [0.2, 0.25) is 0 Å². The number of hydrogen-bond acceptors (Lipinski definition) is 5. The van der Waals surface area contributed by atoms with Crippen molar-refractivity contribution in [2.75, 3.05) is 26.2 Å². The van der Waals surface area contributed by atoms with Gasteiger partial charge in [-0.1, -0.05) is 66.4 Å². The molecule has 1 saturated heterocycles. The van der Waals surface area contributed by atoms with Gasteiger partial charge >= 0.3 is 0 Å². The normalized spacial score (nSPS) is 15.2. The predicted molar refractivity (Wildman–Crippen MR) is 134 cm³/mol. The number of H-pyrrole nitrogens is 1. The Morgan fingerprint density at radius 1 is 0.971 bits per heavy atom. The van der Waals surface area contributed by atoms with Crippen molar-refractivity contribution < 1.29 is 4.79 Å². The molecule has 0 radical (unpaired) electrons. The molecule has 0 bridgehead atoms. The van der Waals surface area contributed by atoms with E-state index in [1.54, 1.807) is 11.8 Å². The van der Waals surface area contributed by atoms with Crippen LogP contribution in [-0.2, 0) is 5.75 Å². The molecule has 34 heavy (non-hydrogen) atoms. The molecule has 1 atom stereocenters. The van der Waals surface area contributed by atoms with E-state index in [1.807, 2.05) is 83.8 Å². The van der Waals surface area contributed by atoms with Crippen LogP contribution in [0.15, 0.2) is 84.0 Å². The molecule has 1 amide bonds. The molecule has 170 valence electrons. The van der Waals surface area contributed by atoms with Crippen molar-refractivity contribution in [2.45, 2.75) is 17.0 Å². The molecule has 2 heterocycles. The standard InChI is InChI=1S/C27H25N5OS/c28-18-25(21-6-2-1-3-7-21)31-14-16-32(17-15-31)26(33)22-12-10-20(11-13-22)19-34-27-29-23-8-4-5-9-24(23)30-27/h1-13,25H,14-17,19H2,(H,29,30). The summed E-state index contributed by atoms with van der Waals surface area (Å²) in [6.07, 6.45) is 0. The first kappa shape index (κ1) is 22.2. The Kier molecular flexibility index (Phi) is 6.61. The number of piperazine rings is 1. The summed E-state index contributed by atoms with van der Waals surface area (Å²) in [5.41, 5.74) is 4.85. The number of imidazole rings is 1. The lowest BCUT2D eigenvalue weighted by Gasteiger charge is -2.37. The molecule has 6 nitrogen and oxygen atoms in total. The third-order valence-corrected chi connectivity index (χ3v) is 7.09. The Morgan fingerprint density at radius 2 is 1.68 bits per heavy atom. The third kappa shape index (κ3) is 4.84. The highest BCUT2D eigenvalue weighted by molar-refractivity contribution is 7.98. The fraction of sp³-hybridized carbons (Fsp3) is 0.222. The highest BCUT2D eigenvalue weighted by Gasteiger charge is 2.27. The second-order valence-electron chi connectivity index (χ2n) is 8.32. The second-order valence-corrected chi connectivity index (χ2v) is 9.28. The number of amides is 1. The molecule has 7 heteroatoms. The van der Waals surface area contributed by atoms with E-state index in [-0.39, 0.29) is 11.9 Å². The van der Waals surface area contributed by atoms with E-state index in [9.17, 15) is 10.1 Å². The van der Waals surface area contributed by atoms with Crippen molar-refractivity contribution in [3.05, 3.63) is 95.6 Å². The molecule has 0 saturated carbocycles. The molecule has 1 unspecified atom stereocenters. The number of benzene rings is 3. The van der Waals surface area contributed by atoms with Crippen molar-refractivity contribution >= 4 is 28.7 Å². The van der Waals surface area contributed by atoms with Gasteiger partial charge in [0.25, 0.3) is 5.91 Å². The predicted octanol–water partition coefficient (Wildman–Crippen LogP) is 4.88. The maximum Gasteiger partial charge on any atom is 0.253 e. The van der Waals surface area contributed by atoms with E-state index in [4.69, 9.17) is 0 Å². The van der Waals surface area contributed by atoms with E-state index in [0.717, 1.165) is 33.1 Å². The monoisotopic (exact) mass is 467 g/mol. The number of nitrogens with one attached hydrogen (secondary N) is 1. The molecule has 4 aromatic rings. The number of nitriles is 1. The van der Waals surface area contributed by atoms with Crippen LogP contribution in [0.25, 0.3) is 11.0 Å². The minimum Gasteiger partial charge on any atom is -0.336 e. The number of nitrogens with zero attached hydrogens (tertiary/aromatic N) is 4. The summed E-state index contributed by atoms with van der Waals surface area (Å²) in [5, 5.41) is 10.6. The Hall–Kier alpha value is -3.60. The minimum atomic E-state index is -0.276. The number of rotatable bonds is 6. The number of fused-ring (bicyclic) bond motifs is 1. The Bertz CT molecular complexity index is 1270. The highest BCUT2D eigenvalue weighted by Crippen LogP contribution is 2.24. The number of aromatic amines is 1. The number of hydrogen-bond donors (Lipinski definition) is 1. The van der Waals surface area contributed by atoms with Crippen LogP contribution in [0, 0.1) is 11.3 Å². The third-order valence-electron chi connectivity index (χ3n) is 6.15. The van der Waals surface area contributed by atoms with Gasteiger partial charge in [-0.15, -0.1) is 0 Å². The van der Waals surface area contributed by atoms with E-state index >= 15 is 0 Å². The summed E-state index contributed by atoms with van der Waals surface area (Å²) >= 11 is 1.65. The van der Waals surface area contributed by atoms with Gasteiger partial charge in [-0.05, 0) is 35.4 Å². The average molecular weight is 468 g/mol. The SMILES string of the molecule is N#CC(c1ccccc1)N1CCN(C(=O)c2ccc(CSc3nc4ccccc4[nH]3)cc2)CC1. The van der Waals surface area contributed by atoms with Crippen LogP contribution >= 0.6 is 11.8 Å². The largest absolute Gasteiger partial charge is 0.336 e. The summed E-state index contributed by atoms with van der Waals surface area (Å²) in [6, 6.07) is 27.8. The number of carbonyl (C=O) groups excluding carboxylic acids is 1. The minimum absolute atomic E-state index is 0.0457. The van der Waals surface area contributed by atoms with Gasteiger partial charge in [0, 0.05) is 37.5 Å². The highest BCUT2D eigenvalue weighted by atomic mass is 32.2. The zero-order valence-corrected chi connectivity index (χ0v) is 19.5. The van der Waals surface area contributed by atoms with Crippen molar-refractivity contribution in [2.24, 2.45) is 0 Å². The van der Waals surface area contributed by atoms with Crippen molar-refractivity contribution in [3.8, 4) is 6.07 Å². The van der Waals surface area contributed by atoms with E-state index in [2.05, 4.69) is 20.9 Å². The van der Waals surface area contributed by atoms with E-state index < -0.39 is 0 Å². The molecule has 0 spiro atoms. The quantitative estimate of drug-likeness (QED) is 0.409. The van der Waals surface area contributed by atoms with Crippen LogP contribution < -0.4 is 0 Å². The maximum absolute atomic E-state index is 13.0. The molecular weight excluding hydrogens is 442 g/mol. The van der Waals surface area contributed by atoms with Gasteiger partial charge in [-0.3, -0.25) is 9.69 Å². The Balaban J connectivity index is 1.16. The van der Waals surface area contributed by atoms with Crippen LogP contribution in [0.4, 0.5) is 0 Å². The maximum atomic E-state index is 13.0. The fourth-order valence-corrected chi connectivity index (χ4v) is 5.10. The molecular formula is C27H25N5OS. The van der Waals surface area contributed by atoms with Crippen LogP contribution in [0.5, 0.6) is 0 Å². The van der Waals surface area contributed by atoms with Crippen LogP contribution in [0.3, 0.4) is 0 Å². The topological polar surface area (TPSA) is 76.0 Å². The summed E-state index contributed by atoms with van der Waals surface area (Å²) in [5.74, 6) is 0.825. The average Bonchev–Trinajstić information content (AvgIpc) is 3.32. The summed E-state index contributed by atoms with van der Waals surface area (Å²) in [6.45, 7) is 2.61. The van der Waals surface area contributed by atoms with Crippen LogP contribution in [0.2, 0.25) is 0 Å². The molecule has 1 fully saturated rings. The number of aromatic nitrogens is 2. The van der Waals surface area contributed by atoms with Crippen molar-refractivity contribution in [1.29, 1.82) is 5.26 Å². The van der Waals surface area contributed by atoms with Crippen LogP contribution in [-0.4, -0.2) is 51.9 Å². The van der Waals surface area contributed by atoms with E-state index in [0.29, 0.717) is 31.7 Å². The first-order valence-corrected chi connectivity index (χ1v) is 12.3. The smallest absolute Gasteiger partial charge is 0.253 e. The van der Waals surface area contributed by atoms with Gasteiger partial charge in [0.05, 0.1) is 17.1 Å². The van der Waals surface area contributed by atoms with E-state index in [1.165, 1.54) is 0 Å². The molecule has 1 aliphatic rings. The summed E-state index contributed by atoms with van der Waals surface area (Å²) in [4.78, 5) is 25.0. The number of para-hydroxylation sites is 2. The molecule has 3 aromatic carbocycles. The van der Waals surface area contributed by atoms with Gasteiger partial charge in [0.15, 0.2) is 5.16 Å². The van der Waals surface area contributed by atoms with Gasteiger partial charge in [-0.25, -0.2) is 4.98 Å². The number of thioether (sulfide) groups is 1. The van der Waals surface area contributed by atoms with Crippen molar-refractivity contribution in [3.63, 3.8) is 0 Å². The molecule has 1 aliphatic heterocycles. The Labute approximate surface area is 203 Å². The van der Waals surface area contributed by atoms with Gasteiger partial charge in [0.1, 0.15) is 6.04 Å². The molecule has 5 rings (SSSR count). The van der Waals surface area contributed by atoms with Gasteiger partial charge < -0.3 is 9.88 Å². The lowest BCUT2D eigenvalue weighted by molar-refractivity contribution is 0.0606. The first-order valence-electron chi connectivity index (χ1n) is 11.4. The zero-order chi connectivity index (χ0) is 23.3. The van der Waals surface area contributed by atoms with Crippen molar-refractivity contribution in [1.82, 2.24) is 19.8 Å².